The topological polar surface area (TPSA) is 12.0 Å². The van der Waals surface area contributed by atoms with Crippen LogP contribution in [0.2, 0.25) is 0 Å². The van der Waals surface area contributed by atoms with Gasteiger partial charge in [0.25, 0.3) is 0 Å². The predicted molar refractivity (Wildman–Crippen MR) is 56.7 cm³/mol. The molecule has 3 heteroatoms. The summed E-state index contributed by atoms with van der Waals surface area (Å²) in [5, 5.41) is 6.19. The zero-order valence-electron chi connectivity index (χ0n) is 7.33. The molecule has 0 aromatic carbocycles. The third kappa shape index (κ3) is 1.68. The van der Waals surface area contributed by atoms with Crippen molar-refractivity contribution in [1.82, 2.24) is 5.32 Å². The summed E-state index contributed by atoms with van der Waals surface area (Å²) in [7, 11) is 0. The third-order valence-electron chi connectivity index (χ3n) is 1.95. The lowest BCUT2D eigenvalue weighted by atomic mass is 10.2. The Morgan fingerprint density at radius 2 is 2.42 bits per heavy atom. The van der Waals surface area contributed by atoms with Crippen molar-refractivity contribution < 1.29 is 0 Å². The van der Waals surface area contributed by atoms with Crippen LogP contribution < -0.4 is 5.32 Å². The number of hydrogen-bond acceptors (Lipinski definition) is 3. The SMILES string of the molecule is CC1(C)CNC(c2cccs2)S1. The fraction of sp³-hybridized carbons (Fsp3) is 0.556. The lowest BCUT2D eigenvalue weighted by Gasteiger charge is -2.14. The van der Waals surface area contributed by atoms with E-state index in [0.29, 0.717) is 10.1 Å². The molecule has 1 aliphatic heterocycles. The number of nitrogens with one attached hydrogen (secondary N) is 1. The van der Waals surface area contributed by atoms with E-state index in [1.165, 1.54) is 4.88 Å². The van der Waals surface area contributed by atoms with E-state index >= 15 is 0 Å². The maximum absolute atomic E-state index is 3.52. The standard InChI is InChI=1S/C9H13NS2/c1-9(2)6-10-8(12-9)7-4-3-5-11-7/h3-5,8,10H,6H2,1-2H3. The molecule has 1 aliphatic rings. The Morgan fingerprint density at radius 3 is 2.92 bits per heavy atom. The highest BCUT2D eigenvalue weighted by Crippen LogP contribution is 2.43. The van der Waals surface area contributed by atoms with Crippen molar-refractivity contribution in [3.63, 3.8) is 0 Å². The molecule has 1 aromatic rings. The van der Waals surface area contributed by atoms with Crippen LogP contribution >= 0.6 is 23.1 Å². The van der Waals surface area contributed by atoms with Crippen molar-refractivity contribution >= 4 is 23.1 Å². The van der Waals surface area contributed by atoms with E-state index in [1.54, 1.807) is 0 Å². The second-order valence-electron chi connectivity index (χ2n) is 3.65. The van der Waals surface area contributed by atoms with E-state index in [-0.39, 0.29) is 0 Å². The van der Waals surface area contributed by atoms with Gasteiger partial charge in [0.15, 0.2) is 0 Å². The van der Waals surface area contributed by atoms with Crippen molar-refractivity contribution in [2.24, 2.45) is 0 Å². The molecule has 1 atom stereocenters. The molecule has 2 heterocycles. The summed E-state index contributed by atoms with van der Waals surface area (Å²) in [6.45, 7) is 5.69. The van der Waals surface area contributed by atoms with E-state index in [9.17, 15) is 0 Å². The average molecular weight is 199 g/mol. The Bertz CT molecular complexity index is 254. The fourth-order valence-electron chi connectivity index (χ4n) is 1.34. The van der Waals surface area contributed by atoms with Gasteiger partial charge in [-0.15, -0.1) is 23.1 Å². The highest BCUT2D eigenvalue weighted by atomic mass is 32.2. The van der Waals surface area contributed by atoms with Crippen LogP contribution in [0.15, 0.2) is 17.5 Å². The highest BCUT2D eigenvalue weighted by Gasteiger charge is 2.32. The summed E-state index contributed by atoms with van der Waals surface area (Å²) in [4.78, 5) is 1.45. The number of thioether (sulfide) groups is 1. The van der Waals surface area contributed by atoms with Gasteiger partial charge in [-0.2, -0.15) is 0 Å². The first-order valence-electron chi connectivity index (χ1n) is 4.12. The van der Waals surface area contributed by atoms with Crippen molar-refractivity contribution in [2.75, 3.05) is 6.54 Å². The van der Waals surface area contributed by atoms with Gasteiger partial charge >= 0.3 is 0 Å². The van der Waals surface area contributed by atoms with Crippen LogP contribution in [0.4, 0.5) is 0 Å². The predicted octanol–water partition coefficient (Wildman–Crippen LogP) is 2.86. The average Bonchev–Trinajstić information content (AvgIpc) is 2.55. The second-order valence-corrected chi connectivity index (χ2v) is 6.45. The molecule has 1 unspecified atom stereocenters. The molecule has 0 bridgehead atoms. The summed E-state index contributed by atoms with van der Waals surface area (Å²) in [6, 6.07) is 4.32. The van der Waals surface area contributed by atoms with Crippen molar-refractivity contribution in [2.45, 2.75) is 24.0 Å². The third-order valence-corrected chi connectivity index (χ3v) is 4.48. The molecule has 0 amide bonds. The fourth-order valence-corrected chi connectivity index (χ4v) is 3.50. The van der Waals surface area contributed by atoms with Gasteiger partial charge in [0.1, 0.15) is 0 Å². The van der Waals surface area contributed by atoms with Gasteiger partial charge in [0, 0.05) is 16.2 Å². The normalized spacial score (nSPS) is 27.7. The molecule has 66 valence electrons. The summed E-state index contributed by atoms with van der Waals surface area (Å²) in [5.41, 5.74) is 0. The second kappa shape index (κ2) is 3.05. The molecule has 0 spiro atoms. The minimum absolute atomic E-state index is 0.397. The van der Waals surface area contributed by atoms with Crippen molar-refractivity contribution in [1.29, 1.82) is 0 Å². The van der Waals surface area contributed by atoms with Gasteiger partial charge in [-0.25, -0.2) is 0 Å². The summed E-state index contributed by atoms with van der Waals surface area (Å²) < 4.78 is 0.397. The zero-order chi connectivity index (χ0) is 8.60. The molecule has 1 nitrogen and oxygen atoms in total. The molecule has 12 heavy (non-hydrogen) atoms. The van der Waals surface area contributed by atoms with Gasteiger partial charge in [-0.3, -0.25) is 5.32 Å². The molecule has 0 radical (unpaired) electrons. The van der Waals surface area contributed by atoms with Crippen LogP contribution in [0, 0.1) is 0 Å². The summed E-state index contributed by atoms with van der Waals surface area (Å²) in [6.07, 6.45) is 0. The molecular weight excluding hydrogens is 186 g/mol. The molecule has 0 aliphatic carbocycles. The number of rotatable bonds is 1. The van der Waals surface area contributed by atoms with Crippen LogP contribution in [0.25, 0.3) is 0 Å². The van der Waals surface area contributed by atoms with Crippen LogP contribution in [0.5, 0.6) is 0 Å². The maximum Gasteiger partial charge on any atom is 0.0889 e. The number of thiophene rings is 1. The first kappa shape index (κ1) is 8.60. The Morgan fingerprint density at radius 1 is 1.58 bits per heavy atom. The van der Waals surface area contributed by atoms with E-state index < -0.39 is 0 Å². The van der Waals surface area contributed by atoms with Gasteiger partial charge in [-0.1, -0.05) is 6.07 Å². The van der Waals surface area contributed by atoms with Gasteiger partial charge in [0.2, 0.25) is 0 Å². The minimum atomic E-state index is 0.397. The Labute approximate surface area is 81.6 Å². The molecule has 1 fully saturated rings. The summed E-state index contributed by atoms with van der Waals surface area (Å²) in [5.74, 6) is 0. The first-order chi connectivity index (χ1) is 5.67. The molecular formula is C9H13NS2. The Kier molecular flexibility index (Phi) is 2.19. The van der Waals surface area contributed by atoms with Crippen LogP contribution in [0.1, 0.15) is 24.1 Å². The largest absolute Gasteiger partial charge is 0.300 e. The van der Waals surface area contributed by atoms with Crippen molar-refractivity contribution in [3.05, 3.63) is 22.4 Å². The molecule has 0 saturated carbocycles. The molecule has 2 rings (SSSR count). The lowest BCUT2D eigenvalue weighted by molar-refractivity contribution is 0.638. The monoisotopic (exact) mass is 199 g/mol. The summed E-state index contributed by atoms with van der Waals surface area (Å²) >= 11 is 3.86. The van der Waals surface area contributed by atoms with E-state index in [1.807, 2.05) is 23.1 Å². The van der Waals surface area contributed by atoms with Gasteiger partial charge < -0.3 is 0 Å². The highest BCUT2D eigenvalue weighted by molar-refractivity contribution is 8.01. The Hall–Kier alpha value is 0.01000. The number of hydrogen-bond donors (Lipinski definition) is 1. The minimum Gasteiger partial charge on any atom is -0.300 e. The maximum atomic E-state index is 3.52. The van der Waals surface area contributed by atoms with E-state index in [0.717, 1.165) is 6.54 Å². The van der Waals surface area contributed by atoms with Crippen LogP contribution in [0.3, 0.4) is 0 Å². The first-order valence-corrected chi connectivity index (χ1v) is 5.88. The smallest absolute Gasteiger partial charge is 0.0889 e. The van der Waals surface area contributed by atoms with Crippen LogP contribution in [-0.4, -0.2) is 11.3 Å². The molecule has 1 saturated heterocycles. The van der Waals surface area contributed by atoms with E-state index in [2.05, 4.69) is 36.7 Å². The van der Waals surface area contributed by atoms with Gasteiger partial charge in [-0.05, 0) is 25.3 Å². The zero-order valence-corrected chi connectivity index (χ0v) is 8.97. The van der Waals surface area contributed by atoms with Crippen molar-refractivity contribution in [3.8, 4) is 0 Å². The van der Waals surface area contributed by atoms with Gasteiger partial charge in [0.05, 0.1) is 5.37 Å². The lowest BCUT2D eigenvalue weighted by Crippen LogP contribution is -2.21. The quantitative estimate of drug-likeness (QED) is 0.746. The molecule has 1 N–H and O–H groups in total. The van der Waals surface area contributed by atoms with Crippen LogP contribution in [-0.2, 0) is 0 Å². The van der Waals surface area contributed by atoms with E-state index in [4.69, 9.17) is 0 Å². The molecule has 1 aromatic heterocycles. The Balaban J connectivity index is 2.10.